The van der Waals surface area contributed by atoms with Gasteiger partial charge in [0.1, 0.15) is 0 Å². The lowest BCUT2D eigenvalue weighted by Gasteiger charge is -2.30. The van der Waals surface area contributed by atoms with Crippen molar-refractivity contribution in [2.45, 2.75) is 45.5 Å². The van der Waals surface area contributed by atoms with E-state index in [-0.39, 0.29) is 17.6 Å². The first-order valence-electron chi connectivity index (χ1n) is 13.4. The average molecular weight is 516 g/mol. The molecule has 0 spiro atoms. The highest BCUT2D eigenvalue weighted by molar-refractivity contribution is 6.31. The second-order valence-corrected chi connectivity index (χ2v) is 10.3. The minimum absolute atomic E-state index is 0.0446. The Morgan fingerprint density at radius 1 is 0.946 bits per heavy atom. The number of nitrogens with zero attached hydrogens (tertiary/aromatic N) is 2. The molecule has 1 fully saturated rings. The fourth-order valence-corrected chi connectivity index (χ4v) is 4.94. The van der Waals surface area contributed by atoms with E-state index in [0.717, 1.165) is 54.5 Å². The molecule has 3 aromatic rings. The Morgan fingerprint density at radius 3 is 2.30 bits per heavy atom. The van der Waals surface area contributed by atoms with Crippen molar-refractivity contribution in [1.82, 2.24) is 0 Å². The fourth-order valence-electron chi connectivity index (χ4n) is 4.71. The van der Waals surface area contributed by atoms with Crippen LogP contribution in [0.1, 0.15) is 51.5 Å². The summed E-state index contributed by atoms with van der Waals surface area (Å²) < 4.78 is 9.23. The maximum atomic E-state index is 13.9. The van der Waals surface area contributed by atoms with Gasteiger partial charge >= 0.3 is 0 Å². The largest absolute Gasteiger partial charge is 0.378 e. The number of halogens is 1. The van der Waals surface area contributed by atoms with E-state index >= 15 is 0 Å². The third kappa shape index (κ3) is 6.90. The molecule has 3 aromatic carbocycles. The van der Waals surface area contributed by atoms with Crippen LogP contribution in [0.15, 0.2) is 72.8 Å². The Hall–Kier alpha value is -3.37. The van der Waals surface area contributed by atoms with Crippen LogP contribution in [0.4, 0.5) is 11.4 Å². The van der Waals surface area contributed by atoms with Crippen molar-refractivity contribution in [3.05, 3.63) is 89.0 Å². The molecule has 5 heteroatoms. The average Bonchev–Trinajstić information content (AvgIpc) is 2.92. The smallest absolute Gasteiger partial charge is 0.230 e. The summed E-state index contributed by atoms with van der Waals surface area (Å²) in [5.74, 6) is -0.203. The standard InChI is InChI=1S/C32H35ClN2O2/c1-23(36)12-13-24-8-7-11-30(20-24)35(32(37)26-9-5-4-6-10-26)22-28-15-14-27(21-31(28)33)25-16-18-29(19-17-25)34(2)3/h7-8,11-21,26H,4-6,9-10,22H2,1-3H3/b13-12+/i22D. The fraction of sp³-hybridized carbons (Fsp3) is 0.312. The zero-order valence-electron chi connectivity index (χ0n) is 22.8. The van der Waals surface area contributed by atoms with Crippen molar-refractivity contribution < 1.29 is 11.0 Å². The van der Waals surface area contributed by atoms with Gasteiger partial charge in [0.15, 0.2) is 5.78 Å². The summed E-state index contributed by atoms with van der Waals surface area (Å²) in [6.45, 7) is 0.496. The zero-order valence-corrected chi connectivity index (χ0v) is 22.5. The Kier molecular flexibility index (Phi) is 8.37. The minimum Gasteiger partial charge on any atom is -0.378 e. The van der Waals surface area contributed by atoms with E-state index in [1.165, 1.54) is 13.0 Å². The lowest BCUT2D eigenvalue weighted by Crippen LogP contribution is -2.36. The van der Waals surface area contributed by atoms with Crippen LogP contribution in [0.5, 0.6) is 0 Å². The number of carbonyl (C=O) groups is 2. The second-order valence-electron chi connectivity index (χ2n) is 9.89. The Bertz CT molecular complexity index is 1310. The van der Waals surface area contributed by atoms with Gasteiger partial charge in [-0.15, -0.1) is 0 Å². The highest BCUT2D eigenvalue weighted by atomic mass is 35.5. The molecule has 0 heterocycles. The van der Waals surface area contributed by atoms with E-state index < -0.39 is 6.52 Å². The summed E-state index contributed by atoms with van der Waals surface area (Å²) in [5.41, 5.74) is 5.11. The molecule has 0 aliphatic heterocycles. The lowest BCUT2D eigenvalue weighted by atomic mass is 9.88. The minimum atomic E-state index is -1.01. The molecule has 0 aromatic heterocycles. The van der Waals surface area contributed by atoms with Gasteiger partial charge < -0.3 is 9.80 Å². The van der Waals surface area contributed by atoms with Gasteiger partial charge in [0.05, 0.1) is 7.89 Å². The molecule has 1 aliphatic carbocycles. The zero-order chi connectivity index (χ0) is 27.2. The maximum Gasteiger partial charge on any atom is 0.230 e. The molecule has 192 valence electrons. The summed E-state index contributed by atoms with van der Waals surface area (Å²) in [5, 5.41) is 0.452. The van der Waals surface area contributed by atoms with E-state index in [1.807, 2.05) is 61.5 Å². The van der Waals surface area contributed by atoms with Crippen LogP contribution in [-0.2, 0) is 16.1 Å². The predicted molar refractivity (Wildman–Crippen MR) is 155 cm³/mol. The molecule has 0 N–H and O–H groups in total. The van der Waals surface area contributed by atoms with Crippen LogP contribution >= 0.6 is 11.6 Å². The van der Waals surface area contributed by atoms with Crippen LogP contribution in [-0.4, -0.2) is 25.8 Å². The van der Waals surface area contributed by atoms with Gasteiger partial charge in [0.25, 0.3) is 0 Å². The van der Waals surface area contributed by atoms with Gasteiger partial charge in [-0.2, -0.15) is 0 Å². The Morgan fingerprint density at radius 2 is 1.65 bits per heavy atom. The predicted octanol–water partition coefficient (Wildman–Crippen LogP) is 7.79. The van der Waals surface area contributed by atoms with Gasteiger partial charge in [-0.1, -0.05) is 73.3 Å². The molecule has 4 nitrogen and oxygen atoms in total. The number of hydrogen-bond acceptors (Lipinski definition) is 3. The van der Waals surface area contributed by atoms with Crippen molar-refractivity contribution in [1.29, 1.82) is 0 Å². The van der Waals surface area contributed by atoms with Crippen molar-refractivity contribution in [3.8, 4) is 11.1 Å². The molecular weight excluding hydrogens is 480 g/mol. The summed E-state index contributed by atoms with van der Waals surface area (Å²) in [6, 6.07) is 21.4. The number of carbonyl (C=O) groups excluding carboxylic acids is 2. The van der Waals surface area contributed by atoms with Gasteiger partial charge in [-0.05, 0) is 78.4 Å². The van der Waals surface area contributed by atoms with E-state index in [9.17, 15) is 11.0 Å². The molecule has 1 amide bonds. The Balaban J connectivity index is 1.69. The van der Waals surface area contributed by atoms with Crippen LogP contribution < -0.4 is 9.80 Å². The van der Waals surface area contributed by atoms with Gasteiger partial charge in [-0.25, -0.2) is 0 Å². The van der Waals surface area contributed by atoms with E-state index in [1.54, 1.807) is 11.0 Å². The monoisotopic (exact) mass is 515 g/mol. The second kappa shape index (κ2) is 12.2. The number of hydrogen-bond donors (Lipinski definition) is 0. The summed E-state index contributed by atoms with van der Waals surface area (Å²) >= 11 is 6.78. The third-order valence-corrected chi connectivity index (χ3v) is 7.16. The summed E-state index contributed by atoms with van der Waals surface area (Å²) in [7, 11) is 4.01. The van der Waals surface area contributed by atoms with Crippen molar-refractivity contribution in [3.63, 3.8) is 0 Å². The Labute approximate surface area is 227 Å². The van der Waals surface area contributed by atoms with Gasteiger partial charge in [0.2, 0.25) is 5.91 Å². The van der Waals surface area contributed by atoms with E-state index in [2.05, 4.69) is 24.3 Å². The molecule has 1 saturated carbocycles. The SMILES string of the molecule is [2H]C(c1ccc(-c2ccc(N(C)C)cc2)cc1Cl)N(C(=O)C1CCCCC1)c1cccc(/C=C/C(C)=O)c1. The lowest BCUT2D eigenvalue weighted by molar-refractivity contribution is -0.123. The first kappa shape index (κ1) is 25.3. The van der Waals surface area contributed by atoms with Crippen LogP contribution in [0.3, 0.4) is 0 Å². The van der Waals surface area contributed by atoms with Gasteiger partial charge in [0, 0.05) is 36.4 Å². The molecule has 1 aliphatic rings. The number of amides is 1. The third-order valence-electron chi connectivity index (χ3n) is 6.84. The number of rotatable bonds is 8. The molecule has 0 radical (unpaired) electrons. The normalized spacial score (nSPS) is 15.3. The highest BCUT2D eigenvalue weighted by Crippen LogP contribution is 2.32. The summed E-state index contributed by atoms with van der Waals surface area (Å²) in [6.07, 6.45) is 8.10. The highest BCUT2D eigenvalue weighted by Gasteiger charge is 2.27. The number of anilines is 2. The summed E-state index contributed by atoms with van der Waals surface area (Å²) in [4.78, 5) is 29.0. The van der Waals surface area contributed by atoms with Gasteiger partial charge in [-0.3, -0.25) is 9.59 Å². The van der Waals surface area contributed by atoms with E-state index in [4.69, 9.17) is 11.6 Å². The quantitative estimate of drug-likeness (QED) is 0.287. The van der Waals surface area contributed by atoms with E-state index in [0.29, 0.717) is 16.3 Å². The first-order valence-corrected chi connectivity index (χ1v) is 13.2. The molecule has 0 bridgehead atoms. The van der Waals surface area contributed by atoms with Crippen molar-refractivity contribution >= 4 is 40.7 Å². The first-order chi connectivity index (χ1) is 18.2. The number of ketones is 1. The molecular formula is C32H35ClN2O2. The number of benzene rings is 3. The van der Waals surface area contributed by atoms with Crippen LogP contribution in [0.25, 0.3) is 17.2 Å². The maximum absolute atomic E-state index is 13.9. The number of allylic oxidation sites excluding steroid dienone is 1. The van der Waals surface area contributed by atoms with Crippen LogP contribution in [0.2, 0.25) is 5.02 Å². The van der Waals surface area contributed by atoms with Crippen molar-refractivity contribution in [2.75, 3.05) is 23.9 Å². The van der Waals surface area contributed by atoms with Crippen molar-refractivity contribution in [2.24, 2.45) is 5.92 Å². The topological polar surface area (TPSA) is 40.6 Å². The molecule has 4 rings (SSSR count). The molecule has 0 saturated heterocycles. The molecule has 1 unspecified atom stereocenters. The molecule has 37 heavy (non-hydrogen) atoms. The van der Waals surface area contributed by atoms with Crippen LogP contribution in [0, 0.1) is 5.92 Å². The molecule has 1 atom stereocenters.